The maximum atomic E-state index is 13.8. The number of ketones is 3. The van der Waals surface area contributed by atoms with Crippen LogP contribution in [0.25, 0.3) is 0 Å². The van der Waals surface area contributed by atoms with Crippen LogP contribution in [0.1, 0.15) is 215 Å². The Bertz CT molecular complexity index is 4120. The molecule has 0 saturated carbocycles. The number of Topliss-reactive ketones (excluding diaryl/α,β-unsaturated/α-hetero) is 3. The number of cyclic esters (lactones) is 2. The number of esters is 2. The molecule has 1 amide bonds. The molecule has 0 aliphatic carbocycles. The van der Waals surface area contributed by atoms with E-state index in [1.807, 2.05) is 53.9 Å². The minimum Gasteiger partial charge on any atom is -0.508 e. The fraction of sp³-hybridized carbons (Fsp3) is 0.313. The number of amides is 1. The number of benzene rings is 10. The third kappa shape index (κ3) is 33.8. The van der Waals surface area contributed by atoms with Gasteiger partial charge in [-0.3, -0.25) is 38.4 Å². The van der Waals surface area contributed by atoms with Gasteiger partial charge >= 0.3 is 23.9 Å². The number of rotatable bonds is 39. The van der Waals surface area contributed by atoms with Crippen LogP contribution >= 0.6 is 23.5 Å². The van der Waals surface area contributed by atoms with Crippen molar-refractivity contribution < 1.29 is 73.0 Å². The van der Waals surface area contributed by atoms with Gasteiger partial charge in [-0.25, -0.2) is 0 Å². The molecule has 1 aliphatic rings. The molecule has 0 unspecified atom stereocenters. The minimum absolute atomic E-state index is 0. The lowest BCUT2D eigenvalue weighted by molar-refractivity contribution is -0.163. The van der Waals surface area contributed by atoms with E-state index in [2.05, 4.69) is 192 Å². The zero-order chi connectivity index (χ0) is 81.4. The van der Waals surface area contributed by atoms with Crippen LogP contribution < -0.4 is 9.47 Å². The highest BCUT2D eigenvalue weighted by molar-refractivity contribution is 8.00. The normalized spacial score (nSPS) is 11.2. The Morgan fingerprint density at radius 2 is 0.607 bits per heavy atom. The van der Waals surface area contributed by atoms with Crippen LogP contribution in [0.4, 0.5) is 0 Å². The van der Waals surface area contributed by atoms with Crippen molar-refractivity contribution in [1.82, 2.24) is 4.90 Å². The Kier molecular flexibility index (Phi) is 46.3. The summed E-state index contributed by atoms with van der Waals surface area (Å²) in [6.45, 7) is 1.48. The largest absolute Gasteiger partial charge is 0.508 e. The first-order valence-corrected chi connectivity index (χ1v) is 40.9. The molecule has 620 valence electrons. The van der Waals surface area contributed by atoms with Crippen LogP contribution in [0.5, 0.6) is 23.0 Å². The van der Waals surface area contributed by atoms with Crippen molar-refractivity contribution in [2.24, 2.45) is 0 Å². The number of carbonyl (C=O) groups excluding carboxylic acids is 6. The summed E-state index contributed by atoms with van der Waals surface area (Å²) in [7, 11) is 3.22. The van der Waals surface area contributed by atoms with Crippen LogP contribution in [0.2, 0.25) is 0 Å². The molecule has 1 fully saturated rings. The van der Waals surface area contributed by atoms with Crippen LogP contribution in [0.3, 0.4) is 0 Å². The topological polar surface area (TPSA) is 248 Å². The molecule has 0 bridgehead atoms. The number of phenols is 2. The second kappa shape index (κ2) is 55.3. The molecule has 117 heavy (non-hydrogen) atoms. The van der Waals surface area contributed by atoms with Crippen molar-refractivity contribution >= 4 is 70.7 Å². The van der Waals surface area contributed by atoms with Gasteiger partial charge in [0, 0.05) is 81.1 Å². The highest BCUT2D eigenvalue weighted by atomic mass is 32.2. The van der Waals surface area contributed by atoms with Crippen LogP contribution in [-0.2, 0) is 38.2 Å². The molecule has 10 aromatic carbocycles. The lowest BCUT2D eigenvalue weighted by Crippen LogP contribution is -2.33. The van der Waals surface area contributed by atoms with Crippen LogP contribution in [0, 0.1) is 0 Å². The monoisotopic (exact) mass is 1620 g/mol. The maximum Gasteiger partial charge on any atom is 0.313 e. The van der Waals surface area contributed by atoms with E-state index in [1.165, 1.54) is 69.8 Å². The number of carboxylic acids is 2. The maximum absolute atomic E-state index is 13.8. The van der Waals surface area contributed by atoms with E-state index >= 15 is 0 Å². The third-order valence-corrected chi connectivity index (χ3v) is 22.1. The number of phenolic OH excluding ortho intramolecular Hbond substituents is 2. The number of hydrogen-bond acceptors (Lipinski definition) is 15. The van der Waals surface area contributed by atoms with Crippen molar-refractivity contribution in [2.75, 3.05) is 38.8 Å². The molecular formula is C99H117NO15S2. The number of ether oxygens (including phenoxy) is 3. The molecule has 0 radical (unpaired) electrons. The van der Waals surface area contributed by atoms with Gasteiger partial charge in [-0.15, -0.1) is 23.5 Å². The van der Waals surface area contributed by atoms with E-state index in [0.717, 1.165) is 81.7 Å². The predicted molar refractivity (Wildman–Crippen MR) is 474 cm³/mol. The summed E-state index contributed by atoms with van der Waals surface area (Å²) < 4.78 is 13.5. The number of para-hydroxylation sites is 1. The molecule has 16 nitrogen and oxygen atoms in total. The minimum atomic E-state index is -0.895. The van der Waals surface area contributed by atoms with Gasteiger partial charge < -0.3 is 39.5 Å². The summed E-state index contributed by atoms with van der Waals surface area (Å²) in [6, 6.07) is 94.2. The lowest BCUT2D eigenvalue weighted by Gasteiger charge is -2.35. The molecule has 1 saturated heterocycles. The average molecular weight is 1630 g/mol. The highest BCUT2D eigenvalue weighted by Crippen LogP contribution is 2.50. The summed E-state index contributed by atoms with van der Waals surface area (Å²) in [5.74, 6) is 1.34. The SMILES string of the molecule is C.C.C.COc1ccc(C(=O)CCCC(=O)O)cc1.COc1ccccc1.O=C(CCCC(=O)N(CCCCCCSC(c1ccccc1)(c1ccccc1)c1ccccc1)CCCCCCSC(c1ccccc1)(c1ccccc1)c1ccccc1)c1ccc(O)cc1.O=C(O)CCCC(=O)c1ccc(O)cc1.O=C1CCCC(=O)O1. The first-order valence-electron chi connectivity index (χ1n) is 38.9. The van der Waals surface area contributed by atoms with Gasteiger partial charge in [0.25, 0.3) is 0 Å². The van der Waals surface area contributed by atoms with Crippen LogP contribution in [-0.4, -0.2) is 111 Å². The van der Waals surface area contributed by atoms with E-state index in [4.69, 9.17) is 24.8 Å². The number of methoxy groups -OCH3 is 2. The Morgan fingerprint density at radius 3 is 0.872 bits per heavy atom. The number of hydrogen-bond donors (Lipinski definition) is 4. The van der Waals surface area contributed by atoms with E-state index in [0.29, 0.717) is 73.8 Å². The number of carbonyl (C=O) groups is 8. The number of thioether (sulfide) groups is 2. The first kappa shape index (κ1) is 98.0. The van der Waals surface area contributed by atoms with Gasteiger partial charge in [-0.1, -0.05) is 248 Å². The number of carboxylic acid groups (broad SMARTS) is 2. The van der Waals surface area contributed by atoms with Gasteiger partial charge in [-0.2, -0.15) is 0 Å². The number of aliphatic carboxylic acids is 2. The van der Waals surface area contributed by atoms with Crippen molar-refractivity contribution in [3.8, 4) is 23.0 Å². The van der Waals surface area contributed by atoms with E-state index < -0.39 is 11.9 Å². The van der Waals surface area contributed by atoms with E-state index in [-0.39, 0.29) is 104 Å². The second-order valence-corrected chi connectivity index (χ2v) is 29.7. The Labute approximate surface area is 701 Å². The van der Waals surface area contributed by atoms with Gasteiger partial charge in [0.15, 0.2) is 17.3 Å². The van der Waals surface area contributed by atoms with Gasteiger partial charge in [0.1, 0.15) is 23.0 Å². The van der Waals surface area contributed by atoms with Crippen molar-refractivity contribution in [2.45, 2.75) is 160 Å². The number of nitrogens with zero attached hydrogens (tertiary/aromatic N) is 1. The molecule has 0 atom stereocenters. The molecule has 11 rings (SSSR count). The Morgan fingerprint density at radius 1 is 0.342 bits per heavy atom. The van der Waals surface area contributed by atoms with Gasteiger partial charge in [0.05, 0.1) is 23.7 Å². The molecule has 18 heteroatoms. The van der Waals surface area contributed by atoms with Gasteiger partial charge in [-0.05, 0) is 181 Å². The second-order valence-electron chi connectivity index (χ2n) is 27.1. The third-order valence-electron chi connectivity index (χ3n) is 18.9. The summed E-state index contributed by atoms with van der Waals surface area (Å²) in [4.78, 5) is 92.8. The molecule has 10 aromatic rings. The van der Waals surface area contributed by atoms with Crippen molar-refractivity contribution in [3.63, 3.8) is 0 Å². The zero-order valence-corrected chi connectivity index (χ0v) is 66.8. The van der Waals surface area contributed by atoms with E-state index in [1.54, 1.807) is 50.6 Å². The highest BCUT2D eigenvalue weighted by Gasteiger charge is 2.38. The predicted octanol–water partition coefficient (Wildman–Crippen LogP) is 23.0. The quantitative estimate of drug-likeness (QED) is 0.00919. The standard InChI is InChI=1S/C61H65NO3S2.C12H14O4.C11H12O4.C7H8O.C5H6O3.3CH4/c63-57-44-42-50(43-45-57)58(64)40-27-41-59(65)62(46-23-1-3-25-48-66-60(51-28-11-5-12-29-51,52-30-13-6-14-31-52)53-32-15-7-16-33-53)47-24-2-4-26-49-67-61(54-34-17-8-18-35-54,55-36-19-9-20-37-55)56-38-21-10-22-39-56;1-16-10-7-5-9(6-8-10)11(13)3-2-4-12(14)15;12-9-6-4-8(5-7-9)10(13)2-1-3-11(14)15;1-8-7-5-3-2-4-6-7;6-4-2-1-3-5(7)8-4;;;/h5-22,28-39,42-45,63H,1-4,23-27,40-41,46-49H2;5-8H,2-4H2,1H3,(H,14,15);4-7,12H,1-3H2,(H,14,15);2-6H,1H3;1-3H2;3*1H4. The Balaban J connectivity index is 0.000000459. The average Bonchev–Trinajstić information content (AvgIpc) is 0.764. The fourth-order valence-electron chi connectivity index (χ4n) is 12.9. The Hall–Kier alpha value is -11.3. The summed E-state index contributed by atoms with van der Waals surface area (Å²) in [5, 5.41) is 35.5. The molecule has 4 N–H and O–H groups in total. The first-order chi connectivity index (χ1) is 55.4. The number of aromatic hydroxyl groups is 2. The molecule has 0 aromatic heterocycles. The van der Waals surface area contributed by atoms with Crippen LogP contribution in [0.15, 0.2) is 285 Å². The smallest absolute Gasteiger partial charge is 0.313 e. The van der Waals surface area contributed by atoms with Gasteiger partial charge in [0.2, 0.25) is 5.91 Å². The number of unbranched alkanes of at least 4 members (excludes halogenated alkanes) is 6. The zero-order valence-electron chi connectivity index (χ0n) is 65.1. The lowest BCUT2D eigenvalue weighted by atomic mass is 9.84. The fourth-order valence-corrected chi connectivity index (χ4v) is 16.0. The summed E-state index contributed by atoms with van der Waals surface area (Å²) in [6.07, 6.45) is 12.3. The van der Waals surface area contributed by atoms with Crippen molar-refractivity contribution in [3.05, 3.63) is 335 Å². The molecule has 1 aliphatic heterocycles. The summed E-state index contributed by atoms with van der Waals surface area (Å²) in [5.41, 5.74) is 9.38. The van der Waals surface area contributed by atoms with E-state index in [9.17, 15) is 43.5 Å². The molecule has 1 heterocycles. The molecule has 0 spiro atoms. The summed E-state index contributed by atoms with van der Waals surface area (Å²) >= 11 is 4.04. The van der Waals surface area contributed by atoms with Crippen molar-refractivity contribution in [1.29, 1.82) is 0 Å². The molecular weight excluding hydrogens is 1510 g/mol.